The zero-order valence-corrected chi connectivity index (χ0v) is 12.2. The summed E-state index contributed by atoms with van der Waals surface area (Å²) >= 11 is 5.87. The van der Waals surface area contributed by atoms with Crippen molar-refractivity contribution in [3.63, 3.8) is 0 Å². The summed E-state index contributed by atoms with van der Waals surface area (Å²) in [6.45, 7) is 2.17. The molecule has 1 saturated carbocycles. The first-order valence-electron chi connectivity index (χ1n) is 6.79. The third kappa shape index (κ3) is 3.64. The second-order valence-electron chi connectivity index (χ2n) is 5.47. The van der Waals surface area contributed by atoms with E-state index < -0.39 is 5.54 Å². The molecule has 0 atom stereocenters. The Hall–Kier alpha value is -1.73. The molecule has 1 aliphatic carbocycles. The largest absolute Gasteiger partial charge is 0.320 e. The minimum absolute atomic E-state index is 0.358. The minimum Gasteiger partial charge on any atom is -0.319 e. The molecule has 2 amide bonds. The second kappa shape index (κ2) is 6.15. The lowest BCUT2D eigenvalue weighted by Crippen LogP contribution is -2.51. The van der Waals surface area contributed by atoms with Crippen molar-refractivity contribution >= 4 is 23.3 Å². The Bertz CT molecular complexity index is 530. The van der Waals surface area contributed by atoms with Gasteiger partial charge in [-0.15, -0.1) is 0 Å². The molecule has 0 bridgehead atoms. The van der Waals surface area contributed by atoms with Gasteiger partial charge in [-0.1, -0.05) is 24.6 Å². The molecule has 0 aliphatic heterocycles. The molecule has 0 saturated heterocycles. The standard InChI is InChI=1S/C15H18ClN3O/c1-11-5-7-15(10-17,8-6-11)19-14(20)18-13-4-2-3-12(16)9-13/h2-4,9,11H,5-8H2,1H3,(H2,18,19,20). The van der Waals surface area contributed by atoms with Crippen molar-refractivity contribution in [1.29, 1.82) is 5.26 Å². The Morgan fingerprint density at radius 2 is 2.15 bits per heavy atom. The predicted molar refractivity (Wildman–Crippen MR) is 79.6 cm³/mol. The molecule has 1 fully saturated rings. The molecule has 1 aliphatic rings. The lowest BCUT2D eigenvalue weighted by molar-refractivity contribution is 0.222. The molecule has 0 aromatic heterocycles. The van der Waals surface area contributed by atoms with Crippen molar-refractivity contribution in [3.8, 4) is 6.07 Å². The van der Waals surface area contributed by atoms with Gasteiger partial charge in [0.05, 0.1) is 6.07 Å². The van der Waals surface area contributed by atoms with Crippen LogP contribution in [0.3, 0.4) is 0 Å². The number of amides is 2. The average Bonchev–Trinajstić information content (AvgIpc) is 2.41. The van der Waals surface area contributed by atoms with Gasteiger partial charge in [0.15, 0.2) is 0 Å². The van der Waals surface area contributed by atoms with Gasteiger partial charge < -0.3 is 10.6 Å². The van der Waals surface area contributed by atoms with Crippen molar-refractivity contribution in [2.24, 2.45) is 5.92 Å². The van der Waals surface area contributed by atoms with Crippen LogP contribution in [0.4, 0.5) is 10.5 Å². The van der Waals surface area contributed by atoms with Crippen LogP contribution in [0.2, 0.25) is 5.02 Å². The van der Waals surface area contributed by atoms with Crippen molar-refractivity contribution < 1.29 is 4.79 Å². The van der Waals surface area contributed by atoms with Gasteiger partial charge in [-0.3, -0.25) is 0 Å². The highest BCUT2D eigenvalue weighted by molar-refractivity contribution is 6.30. The summed E-state index contributed by atoms with van der Waals surface area (Å²) in [5.41, 5.74) is -0.123. The summed E-state index contributed by atoms with van der Waals surface area (Å²) in [6, 6.07) is 8.84. The number of rotatable bonds is 2. The van der Waals surface area contributed by atoms with E-state index in [-0.39, 0.29) is 6.03 Å². The van der Waals surface area contributed by atoms with Gasteiger partial charge in [0.25, 0.3) is 0 Å². The molecule has 1 aromatic carbocycles. The van der Waals surface area contributed by atoms with E-state index in [1.54, 1.807) is 24.3 Å². The Kier molecular flexibility index (Phi) is 4.51. The number of carbonyl (C=O) groups excluding carboxylic acids is 1. The van der Waals surface area contributed by atoms with E-state index in [0.29, 0.717) is 29.5 Å². The van der Waals surface area contributed by atoms with E-state index in [0.717, 1.165) is 12.8 Å². The van der Waals surface area contributed by atoms with Crippen molar-refractivity contribution in [3.05, 3.63) is 29.3 Å². The number of nitrogens with one attached hydrogen (secondary N) is 2. The quantitative estimate of drug-likeness (QED) is 0.867. The van der Waals surface area contributed by atoms with E-state index in [9.17, 15) is 10.1 Å². The Balaban J connectivity index is 1.98. The summed E-state index contributed by atoms with van der Waals surface area (Å²) in [4.78, 5) is 12.0. The van der Waals surface area contributed by atoms with Crippen LogP contribution in [0.1, 0.15) is 32.6 Å². The highest BCUT2D eigenvalue weighted by atomic mass is 35.5. The van der Waals surface area contributed by atoms with Gasteiger partial charge in [-0.25, -0.2) is 4.79 Å². The molecule has 0 spiro atoms. The average molecular weight is 292 g/mol. The summed E-state index contributed by atoms with van der Waals surface area (Å²) < 4.78 is 0. The zero-order valence-electron chi connectivity index (χ0n) is 11.4. The maximum Gasteiger partial charge on any atom is 0.320 e. The van der Waals surface area contributed by atoms with E-state index in [4.69, 9.17) is 11.6 Å². The van der Waals surface area contributed by atoms with Gasteiger partial charge in [0.2, 0.25) is 0 Å². The maximum atomic E-state index is 12.0. The predicted octanol–water partition coefficient (Wildman–Crippen LogP) is 3.93. The third-order valence-electron chi connectivity index (χ3n) is 3.78. The monoisotopic (exact) mass is 291 g/mol. The van der Waals surface area contributed by atoms with Crippen LogP contribution < -0.4 is 10.6 Å². The van der Waals surface area contributed by atoms with E-state index in [2.05, 4.69) is 23.6 Å². The summed E-state index contributed by atoms with van der Waals surface area (Å²) in [5.74, 6) is 0.620. The second-order valence-corrected chi connectivity index (χ2v) is 5.90. The molecule has 0 radical (unpaired) electrons. The van der Waals surface area contributed by atoms with E-state index in [1.165, 1.54) is 0 Å². The summed E-state index contributed by atoms with van der Waals surface area (Å²) in [7, 11) is 0. The Morgan fingerprint density at radius 1 is 1.45 bits per heavy atom. The molecule has 1 aromatic rings. The number of halogens is 1. The lowest BCUT2D eigenvalue weighted by Gasteiger charge is -2.34. The number of nitriles is 1. The molecule has 106 valence electrons. The molecule has 0 unspecified atom stereocenters. The first-order valence-corrected chi connectivity index (χ1v) is 7.17. The molecular weight excluding hydrogens is 274 g/mol. The highest BCUT2D eigenvalue weighted by Gasteiger charge is 2.35. The Morgan fingerprint density at radius 3 is 2.75 bits per heavy atom. The molecule has 5 heteroatoms. The van der Waals surface area contributed by atoms with Crippen LogP contribution in [-0.2, 0) is 0 Å². The number of hydrogen-bond acceptors (Lipinski definition) is 2. The van der Waals surface area contributed by atoms with Gasteiger partial charge in [0.1, 0.15) is 5.54 Å². The van der Waals surface area contributed by atoms with Gasteiger partial charge in [-0.2, -0.15) is 5.26 Å². The number of carbonyl (C=O) groups is 1. The van der Waals surface area contributed by atoms with Crippen LogP contribution in [0.15, 0.2) is 24.3 Å². The number of anilines is 1. The number of benzene rings is 1. The fraction of sp³-hybridized carbons (Fsp3) is 0.467. The topological polar surface area (TPSA) is 64.9 Å². The first kappa shape index (κ1) is 14.7. The van der Waals surface area contributed by atoms with Gasteiger partial charge in [0, 0.05) is 10.7 Å². The van der Waals surface area contributed by atoms with E-state index in [1.807, 2.05) is 0 Å². The van der Waals surface area contributed by atoms with Crippen molar-refractivity contribution in [2.45, 2.75) is 38.1 Å². The minimum atomic E-state index is -0.741. The number of hydrogen-bond donors (Lipinski definition) is 2. The SMILES string of the molecule is CC1CCC(C#N)(NC(=O)Nc2cccc(Cl)c2)CC1. The fourth-order valence-corrected chi connectivity index (χ4v) is 2.66. The zero-order chi connectivity index (χ0) is 14.6. The molecule has 2 N–H and O–H groups in total. The molecular formula is C15H18ClN3O. The normalized spacial score (nSPS) is 25.6. The molecule has 20 heavy (non-hydrogen) atoms. The van der Waals surface area contributed by atoms with Gasteiger partial charge >= 0.3 is 6.03 Å². The molecule has 4 nitrogen and oxygen atoms in total. The van der Waals surface area contributed by atoms with Gasteiger partial charge in [-0.05, 0) is 49.8 Å². The third-order valence-corrected chi connectivity index (χ3v) is 4.01. The van der Waals surface area contributed by atoms with Crippen LogP contribution >= 0.6 is 11.6 Å². The number of nitrogens with zero attached hydrogens (tertiary/aromatic N) is 1. The first-order chi connectivity index (χ1) is 9.53. The van der Waals surface area contributed by atoms with Crippen molar-refractivity contribution in [1.82, 2.24) is 5.32 Å². The van der Waals surface area contributed by atoms with Crippen LogP contribution in [-0.4, -0.2) is 11.6 Å². The molecule has 2 rings (SSSR count). The number of urea groups is 1. The van der Waals surface area contributed by atoms with Crippen LogP contribution in [0.5, 0.6) is 0 Å². The highest BCUT2D eigenvalue weighted by Crippen LogP contribution is 2.31. The maximum absolute atomic E-state index is 12.0. The summed E-state index contributed by atoms with van der Waals surface area (Å²) in [5, 5.41) is 15.5. The van der Waals surface area contributed by atoms with Crippen molar-refractivity contribution in [2.75, 3.05) is 5.32 Å². The summed E-state index contributed by atoms with van der Waals surface area (Å²) in [6.07, 6.45) is 3.33. The fourth-order valence-electron chi connectivity index (χ4n) is 2.47. The lowest BCUT2D eigenvalue weighted by atomic mass is 9.78. The van der Waals surface area contributed by atoms with E-state index >= 15 is 0 Å². The van der Waals surface area contributed by atoms with Crippen LogP contribution in [0, 0.1) is 17.2 Å². The smallest absolute Gasteiger partial charge is 0.319 e. The molecule has 0 heterocycles. The Labute approximate surface area is 124 Å². The van der Waals surface area contributed by atoms with Crippen LogP contribution in [0.25, 0.3) is 0 Å².